The summed E-state index contributed by atoms with van der Waals surface area (Å²) in [6, 6.07) is 20.2. The molecular weight excluding hydrogens is 688 g/mol. The quantitative estimate of drug-likeness (QED) is 0.0466. The van der Waals surface area contributed by atoms with Gasteiger partial charge in [-0.1, -0.05) is 58.8 Å². The van der Waals surface area contributed by atoms with Crippen LogP contribution in [0.5, 0.6) is 0 Å². The Morgan fingerprint density at radius 3 is 1.70 bits per heavy atom. The molecule has 0 aliphatic carbocycles. The molecule has 270 valence electrons. The molecule has 0 radical (unpaired) electrons. The molecule has 0 saturated heterocycles. The van der Waals surface area contributed by atoms with Crippen molar-refractivity contribution in [2.75, 3.05) is 7.11 Å². The number of oxime groups is 1. The van der Waals surface area contributed by atoms with E-state index in [1.54, 1.807) is 36.4 Å². The number of amidine groups is 1. The predicted octanol–water partition coefficient (Wildman–Crippen LogP) is 6.57. The first-order valence-electron chi connectivity index (χ1n) is 15.6. The van der Waals surface area contributed by atoms with Gasteiger partial charge in [-0.25, -0.2) is 24.4 Å². The average Bonchev–Trinajstić information content (AvgIpc) is 3.95. The average molecular weight is 721 g/mol. The van der Waals surface area contributed by atoms with Crippen LogP contribution < -0.4 is 5.73 Å². The fourth-order valence-corrected chi connectivity index (χ4v) is 4.84. The third-order valence-corrected chi connectivity index (χ3v) is 7.78. The van der Waals surface area contributed by atoms with Gasteiger partial charge in [-0.2, -0.15) is 4.98 Å². The van der Waals surface area contributed by atoms with Gasteiger partial charge in [0.2, 0.25) is 5.82 Å². The molecule has 16 heteroatoms. The molecule has 0 aliphatic heterocycles. The summed E-state index contributed by atoms with van der Waals surface area (Å²) in [7, 11) is 1.31. The van der Waals surface area contributed by atoms with E-state index >= 15 is 0 Å². The smallest absolute Gasteiger partial charge is 0.392 e. The Balaban J connectivity index is 0.000000166. The van der Waals surface area contributed by atoms with Crippen LogP contribution in [0.2, 0.25) is 0 Å². The second-order valence-corrected chi connectivity index (χ2v) is 11.5. The van der Waals surface area contributed by atoms with Gasteiger partial charge >= 0.3 is 29.7 Å². The van der Waals surface area contributed by atoms with Crippen LogP contribution in [0.1, 0.15) is 59.2 Å². The van der Waals surface area contributed by atoms with Crippen LogP contribution in [0, 0.1) is 27.7 Å². The molecule has 5 N–H and O–H groups in total. The predicted molar refractivity (Wildman–Crippen MR) is 190 cm³/mol. The highest BCUT2D eigenvalue weighted by molar-refractivity contribution is 5.98. The van der Waals surface area contributed by atoms with Gasteiger partial charge in [-0.15, -0.1) is 0 Å². The number of esters is 1. The number of methoxy groups -OCH3 is 1. The van der Waals surface area contributed by atoms with Crippen molar-refractivity contribution in [3.8, 4) is 23.2 Å². The minimum absolute atomic E-state index is 0.00131. The minimum atomic E-state index is -1.14. The van der Waals surface area contributed by atoms with E-state index < -0.39 is 17.9 Å². The number of carbonyl (C=O) groups excluding carboxylic acids is 1. The number of nitrogens with two attached hydrogens (primary N) is 1. The highest BCUT2D eigenvalue weighted by Crippen LogP contribution is 2.29. The third-order valence-electron chi connectivity index (χ3n) is 7.78. The summed E-state index contributed by atoms with van der Waals surface area (Å²) in [5.74, 6) is -2.03. The monoisotopic (exact) mass is 720 g/mol. The molecule has 0 bridgehead atoms. The summed E-state index contributed by atoms with van der Waals surface area (Å²) in [6.45, 7) is 7.63. The van der Waals surface area contributed by atoms with Crippen LogP contribution >= 0.6 is 0 Å². The van der Waals surface area contributed by atoms with Gasteiger partial charge in [-0.3, -0.25) is 0 Å². The highest BCUT2D eigenvalue weighted by Gasteiger charge is 2.19. The molecule has 0 fully saturated rings. The lowest BCUT2D eigenvalue weighted by Gasteiger charge is -2.00. The Morgan fingerprint density at radius 1 is 0.660 bits per heavy atom. The Hall–Kier alpha value is -7.36. The zero-order chi connectivity index (χ0) is 38.4. The van der Waals surface area contributed by atoms with Crippen LogP contribution in [0.25, 0.3) is 45.4 Å². The molecule has 4 aromatic carbocycles. The first-order chi connectivity index (χ1) is 25.3. The van der Waals surface area contributed by atoms with Gasteiger partial charge in [0.05, 0.1) is 18.2 Å². The number of carboxylic acids is 2. The van der Waals surface area contributed by atoms with Gasteiger partial charge in [0.15, 0.2) is 17.0 Å². The van der Waals surface area contributed by atoms with E-state index in [9.17, 15) is 14.4 Å². The number of hydrogen-bond donors (Lipinski definition) is 4. The maximum Gasteiger partial charge on any atom is 0.392 e. The minimum Gasteiger partial charge on any atom is -0.478 e. The molecule has 0 amide bonds. The number of nitrogens with zero attached hydrogens (tertiary/aromatic N) is 5. The lowest BCUT2D eigenvalue weighted by atomic mass is 10.1. The Bertz CT molecular complexity index is 2400. The van der Waals surface area contributed by atoms with Crippen LogP contribution in [0.3, 0.4) is 0 Å². The molecule has 53 heavy (non-hydrogen) atoms. The van der Waals surface area contributed by atoms with Crippen molar-refractivity contribution < 1.29 is 47.9 Å². The molecule has 3 heterocycles. The van der Waals surface area contributed by atoms with E-state index in [4.69, 9.17) is 34.5 Å². The number of rotatable bonds is 6. The lowest BCUT2D eigenvalue weighted by molar-refractivity contribution is 0.0598. The van der Waals surface area contributed by atoms with Gasteiger partial charge in [-0.05, 0) is 74.2 Å². The van der Waals surface area contributed by atoms with Crippen LogP contribution in [-0.2, 0) is 4.74 Å². The number of benzene rings is 4. The highest BCUT2D eigenvalue weighted by atomic mass is 16.5. The van der Waals surface area contributed by atoms with E-state index in [2.05, 4.69) is 30.0 Å². The number of ether oxygens (including phenoxy) is 1. The van der Waals surface area contributed by atoms with Gasteiger partial charge < -0.3 is 39.2 Å². The van der Waals surface area contributed by atoms with E-state index in [0.717, 1.165) is 27.8 Å². The number of aromatic nitrogens is 4. The number of aromatic carboxylic acids is 2. The summed E-state index contributed by atoms with van der Waals surface area (Å²) in [5.41, 5.74) is 13.6. The number of carboxylic acid groups (broad SMARTS) is 2. The molecule has 0 aliphatic rings. The zero-order valence-corrected chi connectivity index (χ0v) is 28.9. The lowest BCUT2D eigenvalue weighted by Crippen LogP contribution is -2.13. The van der Waals surface area contributed by atoms with Crippen molar-refractivity contribution in [1.29, 1.82) is 0 Å². The van der Waals surface area contributed by atoms with Gasteiger partial charge in [0.1, 0.15) is 11.0 Å². The second kappa shape index (κ2) is 15.7. The van der Waals surface area contributed by atoms with E-state index in [0.29, 0.717) is 39.2 Å². The zero-order valence-electron chi connectivity index (χ0n) is 28.9. The summed E-state index contributed by atoms with van der Waals surface area (Å²) in [5, 5.41) is 32.8. The number of oxazole rings is 2. The molecule has 7 rings (SSSR count). The van der Waals surface area contributed by atoms with Crippen molar-refractivity contribution in [3.05, 3.63) is 118 Å². The van der Waals surface area contributed by atoms with Gasteiger partial charge in [0, 0.05) is 11.1 Å². The number of aryl methyl sites for hydroxylation is 4. The fourth-order valence-electron chi connectivity index (χ4n) is 4.84. The van der Waals surface area contributed by atoms with Crippen molar-refractivity contribution >= 4 is 45.9 Å². The number of carbonyl (C=O) groups is 3. The summed E-state index contributed by atoms with van der Waals surface area (Å²) >= 11 is 0. The van der Waals surface area contributed by atoms with Crippen molar-refractivity contribution in [2.45, 2.75) is 27.7 Å². The molecule has 7 aromatic rings. The van der Waals surface area contributed by atoms with E-state index in [1.807, 2.05) is 52.0 Å². The standard InChI is InChI=1S/C18H13N3O4.C10H9NO3.C9H10N2O3/c1-9-3-4-10(2)14-13(9)19-16(24-14)17-20-15(21-25-17)11-5-7-12(8-6-11)18(22)23;1-5-3-4-6(2)8-7(5)11-9(14-8)10(12)13;1-14-9(12)7-4-2-6(3-5-7)8(10)11-13/h3-8H,1-2H3,(H,22,23);3-4H,1-2H3,(H,12,13);2-5,13H,1H3,(H2,10,11). The normalized spacial score (nSPS) is 11.0. The molecule has 0 unspecified atom stereocenters. The van der Waals surface area contributed by atoms with Crippen molar-refractivity contribution in [2.24, 2.45) is 10.9 Å². The second-order valence-electron chi connectivity index (χ2n) is 11.5. The largest absolute Gasteiger partial charge is 0.478 e. The molecule has 0 spiro atoms. The van der Waals surface area contributed by atoms with Crippen molar-refractivity contribution in [3.63, 3.8) is 0 Å². The summed E-state index contributed by atoms with van der Waals surface area (Å²) in [4.78, 5) is 45.2. The van der Waals surface area contributed by atoms with E-state index in [-0.39, 0.29) is 29.1 Å². The Morgan fingerprint density at radius 2 is 1.19 bits per heavy atom. The Kier molecular flexibility index (Phi) is 10.9. The van der Waals surface area contributed by atoms with E-state index in [1.165, 1.54) is 19.2 Å². The first-order valence-corrected chi connectivity index (χ1v) is 15.6. The fraction of sp³-hybridized carbons (Fsp3) is 0.135. The molecule has 0 saturated carbocycles. The van der Waals surface area contributed by atoms with Crippen LogP contribution in [-0.4, -0.2) is 66.4 Å². The summed E-state index contributed by atoms with van der Waals surface area (Å²) in [6.07, 6.45) is 0. The first kappa shape index (κ1) is 36.9. The van der Waals surface area contributed by atoms with Crippen LogP contribution in [0.15, 0.2) is 91.3 Å². The SMILES string of the molecule is COC(=O)c1ccc(/C(N)=N\O)cc1.Cc1ccc(C)c2oc(-c3nc(-c4ccc(C(=O)O)cc4)no3)nc12.Cc1ccc(C)c2oc(C(=O)O)nc12. The molecule has 16 nitrogen and oxygen atoms in total. The number of fused-ring (bicyclic) bond motifs is 2. The van der Waals surface area contributed by atoms with Crippen molar-refractivity contribution in [1.82, 2.24) is 20.1 Å². The Labute approximate surface area is 300 Å². The molecular formula is C37H32N6O10. The maximum atomic E-state index is 11.0. The third kappa shape index (κ3) is 8.18. The maximum absolute atomic E-state index is 11.0. The molecule has 3 aromatic heterocycles. The molecule has 0 atom stereocenters. The van der Waals surface area contributed by atoms with Crippen LogP contribution in [0.4, 0.5) is 0 Å². The summed E-state index contributed by atoms with van der Waals surface area (Å²) < 4.78 is 20.7. The van der Waals surface area contributed by atoms with Gasteiger partial charge in [0.25, 0.3) is 5.89 Å². The number of hydrogen-bond acceptors (Lipinski definition) is 13. The topological polar surface area (TPSA) is 250 Å².